The molecule has 1 N–H and O–H groups in total. The van der Waals surface area contributed by atoms with Crippen LogP contribution in [0.3, 0.4) is 0 Å². The molecule has 2 aromatic rings. The Morgan fingerprint density at radius 2 is 1.60 bits per heavy atom. The zero-order valence-electron chi connectivity index (χ0n) is 11.5. The number of hydrogen-bond donors (Lipinski definition) is 1. The largest absolute Gasteiger partial charge is 0.305 e. The molecule has 0 atom stereocenters. The van der Waals surface area contributed by atoms with Crippen LogP contribution in [-0.4, -0.2) is 12.0 Å². The van der Waals surface area contributed by atoms with Gasteiger partial charge in [-0.15, -0.1) is 0 Å². The molecule has 0 radical (unpaired) electrons. The topological polar surface area (TPSA) is 40.9 Å². The highest BCUT2D eigenvalue weighted by atomic mass is 16.1. The van der Waals surface area contributed by atoms with Gasteiger partial charge in [0.15, 0.2) is 0 Å². The van der Waals surface area contributed by atoms with E-state index in [-0.39, 0.29) is 0 Å². The molecule has 100 valence electrons. The molecule has 0 unspecified atom stereocenters. The van der Waals surface area contributed by atoms with Crippen molar-refractivity contribution in [2.45, 2.75) is 13.3 Å². The molecule has 0 aliphatic rings. The maximum Gasteiger partial charge on any atom is 0.145 e. The summed E-state index contributed by atoms with van der Waals surface area (Å²) in [5, 5.41) is 7.84. The average molecular weight is 263 g/mol. The molecule has 0 aliphatic heterocycles. The van der Waals surface area contributed by atoms with Crippen molar-refractivity contribution >= 4 is 12.0 Å². The molecule has 2 heteroatoms. The van der Waals surface area contributed by atoms with Crippen LogP contribution in [0.4, 0.5) is 0 Å². The van der Waals surface area contributed by atoms with E-state index in [1.165, 1.54) is 11.1 Å². The van der Waals surface area contributed by atoms with Gasteiger partial charge in [0.1, 0.15) is 6.29 Å². The smallest absolute Gasteiger partial charge is 0.145 e. The van der Waals surface area contributed by atoms with Crippen LogP contribution in [0.5, 0.6) is 0 Å². The van der Waals surface area contributed by atoms with E-state index >= 15 is 0 Å². The lowest BCUT2D eigenvalue weighted by molar-refractivity contribution is -0.104. The molecule has 0 saturated heterocycles. The third-order valence-electron chi connectivity index (χ3n) is 3.04. The number of benzene rings is 2. The standard InChI is InChI=1S/C18H17NO/c1-14(13-20)11-18(19)12-15-7-9-17(10-8-15)16-5-3-2-4-6-16/h2-11,13,19H,12H2,1H3/b14-11+,19-18?. The van der Waals surface area contributed by atoms with Gasteiger partial charge in [-0.2, -0.15) is 0 Å². The Morgan fingerprint density at radius 1 is 1.00 bits per heavy atom. The van der Waals surface area contributed by atoms with Gasteiger partial charge in [-0.25, -0.2) is 0 Å². The lowest BCUT2D eigenvalue weighted by Crippen LogP contribution is -1.99. The van der Waals surface area contributed by atoms with E-state index in [9.17, 15) is 4.79 Å². The Kier molecular flexibility index (Phi) is 4.61. The van der Waals surface area contributed by atoms with Gasteiger partial charge in [-0.05, 0) is 35.3 Å². The molecule has 0 fully saturated rings. The first kappa shape index (κ1) is 13.9. The molecule has 0 bridgehead atoms. The second-order valence-corrected chi connectivity index (χ2v) is 4.77. The number of hydrogen-bond acceptors (Lipinski definition) is 2. The van der Waals surface area contributed by atoms with Gasteiger partial charge in [-0.1, -0.05) is 54.6 Å². The molecule has 0 aliphatic carbocycles. The molecule has 0 heterocycles. The Morgan fingerprint density at radius 3 is 2.20 bits per heavy atom. The normalized spacial score (nSPS) is 11.2. The van der Waals surface area contributed by atoms with Crippen molar-refractivity contribution in [3.63, 3.8) is 0 Å². The van der Waals surface area contributed by atoms with Crippen molar-refractivity contribution < 1.29 is 4.79 Å². The molecule has 0 amide bonds. The summed E-state index contributed by atoms with van der Waals surface area (Å²) in [6.07, 6.45) is 2.92. The average Bonchev–Trinajstić information content (AvgIpc) is 2.48. The highest BCUT2D eigenvalue weighted by Gasteiger charge is 2.00. The first-order chi connectivity index (χ1) is 9.69. The predicted octanol–water partition coefficient (Wildman–Crippen LogP) is 4.06. The maximum atomic E-state index is 10.5. The van der Waals surface area contributed by atoms with Gasteiger partial charge in [0.25, 0.3) is 0 Å². The molecule has 2 aromatic carbocycles. The van der Waals surface area contributed by atoms with Crippen LogP contribution in [0.2, 0.25) is 0 Å². The van der Waals surface area contributed by atoms with E-state index in [0.29, 0.717) is 17.7 Å². The minimum absolute atomic E-state index is 0.446. The first-order valence-corrected chi connectivity index (χ1v) is 6.54. The molecule has 0 aromatic heterocycles. The summed E-state index contributed by atoms with van der Waals surface area (Å²) < 4.78 is 0. The zero-order valence-corrected chi connectivity index (χ0v) is 11.5. The highest BCUT2D eigenvalue weighted by molar-refractivity contribution is 5.98. The number of allylic oxidation sites excluding steroid dienone is 2. The second-order valence-electron chi connectivity index (χ2n) is 4.77. The molecule has 0 spiro atoms. The number of carbonyl (C=O) groups excluding carboxylic acids is 1. The van der Waals surface area contributed by atoms with Gasteiger partial charge < -0.3 is 5.41 Å². The monoisotopic (exact) mass is 263 g/mol. The minimum atomic E-state index is 0.446. The fourth-order valence-electron chi connectivity index (χ4n) is 2.03. The molecule has 2 rings (SSSR count). The molecule has 0 saturated carbocycles. The van der Waals surface area contributed by atoms with Gasteiger partial charge >= 0.3 is 0 Å². The number of aldehydes is 1. The van der Waals surface area contributed by atoms with Crippen LogP contribution < -0.4 is 0 Å². The Balaban J connectivity index is 2.09. The van der Waals surface area contributed by atoms with Crippen LogP contribution in [0.1, 0.15) is 12.5 Å². The molecular formula is C18H17NO. The van der Waals surface area contributed by atoms with Crippen LogP contribution in [-0.2, 0) is 11.2 Å². The SMILES string of the molecule is C/C(C=O)=C\C(=N)Cc1ccc(-c2ccccc2)cc1. The van der Waals surface area contributed by atoms with E-state index in [2.05, 4.69) is 24.3 Å². The van der Waals surface area contributed by atoms with Crippen LogP contribution in [0.15, 0.2) is 66.2 Å². The van der Waals surface area contributed by atoms with Gasteiger partial charge in [0.2, 0.25) is 0 Å². The van der Waals surface area contributed by atoms with E-state index < -0.39 is 0 Å². The lowest BCUT2D eigenvalue weighted by Gasteiger charge is -2.04. The van der Waals surface area contributed by atoms with Crippen molar-refractivity contribution in [3.05, 3.63) is 71.8 Å². The molecular weight excluding hydrogens is 246 g/mol. The zero-order chi connectivity index (χ0) is 14.4. The van der Waals surface area contributed by atoms with Crippen LogP contribution in [0, 0.1) is 5.41 Å². The Labute approximate surface area is 119 Å². The van der Waals surface area contributed by atoms with Crippen molar-refractivity contribution in [2.24, 2.45) is 0 Å². The van der Waals surface area contributed by atoms with E-state index in [1.54, 1.807) is 13.0 Å². The summed E-state index contributed by atoms with van der Waals surface area (Å²) in [5.74, 6) is 0. The van der Waals surface area contributed by atoms with Gasteiger partial charge in [0, 0.05) is 12.1 Å². The van der Waals surface area contributed by atoms with Gasteiger partial charge in [-0.3, -0.25) is 4.79 Å². The Hall–Kier alpha value is -2.48. The van der Waals surface area contributed by atoms with Crippen molar-refractivity contribution in [1.82, 2.24) is 0 Å². The number of rotatable bonds is 5. The first-order valence-electron chi connectivity index (χ1n) is 6.54. The quantitative estimate of drug-likeness (QED) is 0.493. The highest BCUT2D eigenvalue weighted by Crippen LogP contribution is 2.19. The predicted molar refractivity (Wildman–Crippen MR) is 83.1 cm³/mol. The molecule has 20 heavy (non-hydrogen) atoms. The summed E-state index contributed by atoms with van der Waals surface area (Å²) in [6, 6.07) is 18.4. The van der Waals surface area contributed by atoms with Crippen molar-refractivity contribution in [1.29, 1.82) is 5.41 Å². The summed E-state index contributed by atoms with van der Waals surface area (Å²) in [5.41, 5.74) is 4.45. The fourth-order valence-corrected chi connectivity index (χ4v) is 2.03. The minimum Gasteiger partial charge on any atom is -0.305 e. The third kappa shape index (κ3) is 3.75. The summed E-state index contributed by atoms with van der Waals surface area (Å²) >= 11 is 0. The van der Waals surface area contributed by atoms with E-state index in [1.807, 2.05) is 30.3 Å². The van der Waals surface area contributed by atoms with Crippen molar-refractivity contribution in [3.8, 4) is 11.1 Å². The van der Waals surface area contributed by atoms with Crippen LogP contribution >= 0.6 is 0 Å². The lowest BCUT2D eigenvalue weighted by atomic mass is 10.0. The summed E-state index contributed by atoms with van der Waals surface area (Å²) in [7, 11) is 0. The summed E-state index contributed by atoms with van der Waals surface area (Å²) in [4.78, 5) is 10.5. The van der Waals surface area contributed by atoms with Gasteiger partial charge in [0.05, 0.1) is 0 Å². The fraction of sp³-hybridized carbons (Fsp3) is 0.111. The number of carbonyl (C=O) groups is 1. The number of nitrogens with one attached hydrogen (secondary N) is 1. The van der Waals surface area contributed by atoms with E-state index in [4.69, 9.17) is 5.41 Å². The third-order valence-corrected chi connectivity index (χ3v) is 3.04. The summed E-state index contributed by atoms with van der Waals surface area (Å²) in [6.45, 7) is 1.71. The van der Waals surface area contributed by atoms with Crippen LogP contribution in [0.25, 0.3) is 11.1 Å². The van der Waals surface area contributed by atoms with Crippen molar-refractivity contribution in [2.75, 3.05) is 0 Å². The van der Waals surface area contributed by atoms with E-state index in [0.717, 1.165) is 11.8 Å². The second kappa shape index (κ2) is 6.62. The maximum absolute atomic E-state index is 10.5. The Bertz CT molecular complexity index is 624. The molecule has 2 nitrogen and oxygen atoms in total.